The molecule has 1 aliphatic carbocycles. The van der Waals surface area contributed by atoms with Gasteiger partial charge in [-0.25, -0.2) is 12.1 Å². The molecule has 1 radical (unpaired) electrons. The molecule has 18 heavy (non-hydrogen) atoms. The summed E-state index contributed by atoms with van der Waals surface area (Å²) in [6, 6.07) is 20.0. The van der Waals surface area contributed by atoms with E-state index >= 15 is 0 Å². The van der Waals surface area contributed by atoms with Crippen LogP contribution in [0.25, 0.3) is 0 Å². The summed E-state index contributed by atoms with van der Waals surface area (Å²) >= 11 is 0. The Kier molecular flexibility index (Phi) is 13.3. The molecule has 0 bridgehead atoms. The summed E-state index contributed by atoms with van der Waals surface area (Å²) in [7, 11) is 0. The fourth-order valence-electron chi connectivity index (χ4n) is 1.73. The third kappa shape index (κ3) is 11.0. The molecule has 1 heteroatoms. The predicted molar refractivity (Wildman–Crippen MR) is 76.0 cm³/mol. The summed E-state index contributed by atoms with van der Waals surface area (Å²) < 4.78 is 0. The van der Waals surface area contributed by atoms with E-state index in [0.717, 1.165) is 5.92 Å². The van der Waals surface area contributed by atoms with Gasteiger partial charge in [-0.1, -0.05) is 19.8 Å². The van der Waals surface area contributed by atoms with Crippen LogP contribution in [0.5, 0.6) is 0 Å². The van der Waals surface area contributed by atoms with Crippen LogP contribution < -0.4 is 0 Å². The van der Waals surface area contributed by atoms with E-state index in [2.05, 4.69) is 13.3 Å². The first-order valence-electron chi connectivity index (χ1n) is 6.54. The molecular weight excluding hydrogens is 379 g/mol. The quantitative estimate of drug-likeness (QED) is 0.531. The van der Waals surface area contributed by atoms with Gasteiger partial charge in [-0.05, 0) is 5.92 Å². The maximum atomic E-state index is 2.40. The molecule has 1 aliphatic rings. The molecule has 3 rings (SSSR count). The number of hydrogen-bond acceptors (Lipinski definition) is 0. The van der Waals surface area contributed by atoms with Crippen LogP contribution in [0.4, 0.5) is 0 Å². The van der Waals surface area contributed by atoms with Gasteiger partial charge in [0, 0.05) is 36.9 Å². The Bertz CT molecular complexity index is 241. The van der Waals surface area contributed by atoms with E-state index in [1.807, 2.05) is 60.7 Å². The van der Waals surface area contributed by atoms with E-state index in [1.54, 1.807) is 0 Å². The molecule has 113 valence electrons. The van der Waals surface area contributed by atoms with Crippen LogP contribution in [-0.2, 0) is 0 Å². The maximum absolute atomic E-state index is 2.40. The van der Waals surface area contributed by atoms with Crippen LogP contribution in [0.15, 0.2) is 60.7 Å². The van der Waals surface area contributed by atoms with Crippen molar-refractivity contribution in [2.45, 2.75) is 32.6 Å². The van der Waals surface area contributed by atoms with Gasteiger partial charge in [0.15, 0.2) is 0 Å². The van der Waals surface area contributed by atoms with Crippen molar-refractivity contribution in [2.24, 2.45) is 5.92 Å². The van der Waals surface area contributed by atoms with Crippen molar-refractivity contribution in [1.29, 1.82) is 0 Å². The third-order valence-corrected chi connectivity index (χ3v) is 2.84. The van der Waals surface area contributed by atoms with Gasteiger partial charge < -0.3 is 36.8 Å². The molecule has 1 fully saturated rings. The van der Waals surface area contributed by atoms with Crippen molar-refractivity contribution in [3.05, 3.63) is 67.1 Å². The smallest absolute Gasteiger partial charge is 0 e. The van der Waals surface area contributed by atoms with Gasteiger partial charge in [-0.2, -0.15) is 31.0 Å². The molecule has 0 aromatic heterocycles. The summed E-state index contributed by atoms with van der Waals surface area (Å²) in [6.07, 6.45) is 7.99. The molecule has 0 amide bonds. The average Bonchev–Trinajstić information content (AvgIpc) is 3.09. The van der Waals surface area contributed by atoms with Crippen molar-refractivity contribution in [3.8, 4) is 0 Å². The first kappa shape index (κ1) is 17.9. The van der Waals surface area contributed by atoms with Gasteiger partial charge in [0.1, 0.15) is 0 Å². The summed E-state index contributed by atoms with van der Waals surface area (Å²) in [5.74, 6) is 1.00. The Morgan fingerprint density at radius 1 is 0.833 bits per heavy atom. The van der Waals surface area contributed by atoms with Gasteiger partial charge in [-0.15, -0.1) is 0 Å². The molecule has 2 aromatic carbocycles. The monoisotopic (exact) mass is 402 g/mol. The van der Waals surface area contributed by atoms with E-state index in [0.29, 0.717) is 0 Å². The molecule has 0 N–H and O–H groups in total. The second-order valence-electron chi connectivity index (χ2n) is 4.47. The van der Waals surface area contributed by atoms with Gasteiger partial charge in [-0.3, -0.25) is 0 Å². The fraction of sp³-hybridized carbons (Fsp3) is 0.353. The van der Waals surface area contributed by atoms with E-state index < -0.39 is 0 Å². The Balaban J connectivity index is 0.000000239. The Morgan fingerprint density at radius 2 is 1.28 bits per heavy atom. The number of hydrogen-bond donors (Lipinski definition) is 0. The van der Waals surface area contributed by atoms with Crippen molar-refractivity contribution in [2.75, 3.05) is 0 Å². The van der Waals surface area contributed by atoms with Crippen LogP contribution in [-0.4, -0.2) is 0 Å². The van der Waals surface area contributed by atoms with Crippen molar-refractivity contribution < 1.29 is 36.9 Å². The van der Waals surface area contributed by atoms with Crippen molar-refractivity contribution >= 4 is 0 Å². The molecule has 0 atom stereocenters. The Morgan fingerprint density at radius 3 is 1.50 bits per heavy atom. The molecule has 2 aromatic rings. The maximum Gasteiger partial charge on any atom is 0 e. The first-order valence-corrected chi connectivity index (χ1v) is 6.54. The van der Waals surface area contributed by atoms with Crippen LogP contribution in [0.1, 0.15) is 32.6 Å². The Hall–Kier alpha value is -0.0662. The molecule has 0 spiro atoms. The van der Waals surface area contributed by atoms with Gasteiger partial charge in [0.2, 0.25) is 0 Å². The van der Waals surface area contributed by atoms with E-state index in [9.17, 15) is 0 Å². The summed E-state index contributed by atoms with van der Waals surface area (Å²) in [5, 5.41) is 0. The molecule has 0 unspecified atom stereocenters. The second kappa shape index (κ2) is 13.4. The molecule has 1 saturated carbocycles. The third-order valence-electron chi connectivity index (χ3n) is 2.84. The minimum Gasteiger partial charge on any atom is -0.748 e. The number of rotatable bonds is 0. The molecular formula is C17H23Lu-7. The predicted octanol–water partition coefficient (Wildman–Crippen LogP) is 5.21. The molecule has 0 aliphatic heterocycles. The zero-order valence-corrected chi connectivity index (χ0v) is 12.7. The minimum absolute atomic E-state index is 0. The van der Waals surface area contributed by atoms with Crippen molar-refractivity contribution in [1.82, 2.24) is 0 Å². The zero-order chi connectivity index (χ0) is 12.2. The molecule has 0 nitrogen and oxygen atoms in total. The normalized spacial score (nSPS) is 14.3. The topological polar surface area (TPSA) is 0 Å². The zero-order valence-electron chi connectivity index (χ0n) is 11.0. The van der Waals surface area contributed by atoms with Crippen LogP contribution >= 0.6 is 0 Å². The fourth-order valence-corrected chi connectivity index (χ4v) is 1.73. The van der Waals surface area contributed by atoms with Gasteiger partial charge >= 0.3 is 0 Å². The van der Waals surface area contributed by atoms with Gasteiger partial charge in [0.25, 0.3) is 0 Å². The Labute approximate surface area is 141 Å². The largest absolute Gasteiger partial charge is 0.748 e. The van der Waals surface area contributed by atoms with E-state index in [4.69, 9.17) is 0 Å². The summed E-state index contributed by atoms with van der Waals surface area (Å²) in [4.78, 5) is 0. The second-order valence-corrected chi connectivity index (χ2v) is 4.47. The van der Waals surface area contributed by atoms with Crippen LogP contribution in [0, 0.1) is 49.2 Å². The van der Waals surface area contributed by atoms with E-state index in [-0.39, 0.29) is 36.9 Å². The minimum atomic E-state index is 0. The van der Waals surface area contributed by atoms with Crippen LogP contribution in [0.3, 0.4) is 0 Å². The van der Waals surface area contributed by atoms with Crippen molar-refractivity contribution in [3.63, 3.8) is 0 Å². The standard InChI is InChI=1S/C7H13.2C5H5.Lu/c1-7-5-3-2-4-6-7;2*1-2-4-5-3-1;/h2,7H,3-6H2,1H3;2*1-5H;/q-1;-5;-1;. The summed E-state index contributed by atoms with van der Waals surface area (Å²) in [6.45, 7) is 2.34. The first-order chi connectivity index (χ1) is 8.39. The molecule has 0 heterocycles. The SMILES string of the molecule is CC1CC[CH-]CC1.[Lu].[cH-]1[cH-][cH-][cH-][cH-]1.c1cc[cH-]c1. The average molecular weight is 402 g/mol. The molecule has 0 saturated heterocycles. The summed E-state index contributed by atoms with van der Waals surface area (Å²) in [5.41, 5.74) is 0. The van der Waals surface area contributed by atoms with Gasteiger partial charge in [0.05, 0.1) is 0 Å². The van der Waals surface area contributed by atoms with Crippen LogP contribution in [0.2, 0.25) is 0 Å². The van der Waals surface area contributed by atoms with E-state index in [1.165, 1.54) is 25.7 Å².